The number of carbonyl (C=O) groups excluding carboxylic acids is 1. The van der Waals surface area contributed by atoms with Gasteiger partial charge in [-0.15, -0.1) is 11.6 Å². The number of benzene rings is 1. The molecule has 1 atom stereocenters. The van der Waals surface area contributed by atoms with Gasteiger partial charge in [0.2, 0.25) is 5.91 Å². The first-order valence-electron chi connectivity index (χ1n) is 6.29. The van der Waals surface area contributed by atoms with E-state index in [0.717, 1.165) is 31.2 Å². The molecule has 0 aromatic heterocycles. The third-order valence-corrected chi connectivity index (χ3v) is 4.02. The number of nitrogens with one attached hydrogen (secondary N) is 1. The minimum atomic E-state index is -0.699. The Morgan fingerprint density at radius 3 is 2.50 bits per heavy atom. The van der Waals surface area contributed by atoms with Crippen LogP contribution in [-0.4, -0.2) is 23.2 Å². The summed E-state index contributed by atoms with van der Waals surface area (Å²) in [7, 11) is 0. The number of hydrogen-bond acceptors (Lipinski definition) is 2. The Morgan fingerprint density at radius 1 is 1.33 bits per heavy atom. The second-order valence-corrected chi connectivity index (χ2v) is 5.34. The zero-order valence-corrected chi connectivity index (χ0v) is 11.0. The summed E-state index contributed by atoms with van der Waals surface area (Å²) < 4.78 is 0. The minimum Gasteiger partial charge on any atom is -0.394 e. The largest absolute Gasteiger partial charge is 0.394 e. The van der Waals surface area contributed by atoms with E-state index in [0.29, 0.717) is 0 Å². The topological polar surface area (TPSA) is 49.3 Å². The van der Waals surface area contributed by atoms with Gasteiger partial charge in [-0.1, -0.05) is 43.2 Å². The van der Waals surface area contributed by atoms with E-state index in [9.17, 15) is 9.90 Å². The second kappa shape index (κ2) is 5.72. The molecule has 1 fully saturated rings. The fourth-order valence-corrected chi connectivity index (χ4v) is 2.67. The Kier molecular flexibility index (Phi) is 4.25. The van der Waals surface area contributed by atoms with Crippen molar-refractivity contribution in [3.63, 3.8) is 0 Å². The smallest absolute Gasteiger partial charge is 0.243 e. The molecule has 2 N–H and O–H groups in total. The van der Waals surface area contributed by atoms with E-state index in [1.165, 1.54) is 0 Å². The van der Waals surface area contributed by atoms with Crippen LogP contribution in [-0.2, 0) is 4.79 Å². The lowest BCUT2D eigenvalue weighted by Crippen LogP contribution is -2.50. The number of hydrogen-bond donors (Lipinski definition) is 2. The summed E-state index contributed by atoms with van der Waals surface area (Å²) in [6.07, 6.45) is 3.74. The van der Waals surface area contributed by atoms with E-state index in [-0.39, 0.29) is 12.5 Å². The highest BCUT2D eigenvalue weighted by Gasteiger charge is 2.36. The van der Waals surface area contributed by atoms with Crippen molar-refractivity contribution < 1.29 is 9.90 Å². The Balaban J connectivity index is 2.03. The van der Waals surface area contributed by atoms with Crippen molar-refractivity contribution in [2.45, 2.75) is 36.6 Å². The average molecular weight is 268 g/mol. The standard InChI is InChI=1S/C14H18ClNO2/c15-12(11-6-2-1-3-7-11)13(18)16-14(10-17)8-4-5-9-14/h1-3,6-7,12,17H,4-5,8-10H2,(H,16,18). The van der Waals surface area contributed by atoms with Gasteiger partial charge >= 0.3 is 0 Å². The molecule has 1 aromatic rings. The lowest BCUT2D eigenvalue weighted by atomic mass is 9.98. The van der Waals surface area contributed by atoms with E-state index in [2.05, 4.69) is 5.32 Å². The number of aliphatic hydroxyl groups is 1. The van der Waals surface area contributed by atoms with Gasteiger partial charge in [-0.25, -0.2) is 0 Å². The van der Waals surface area contributed by atoms with E-state index >= 15 is 0 Å². The lowest BCUT2D eigenvalue weighted by molar-refractivity contribution is -0.123. The Morgan fingerprint density at radius 2 is 1.94 bits per heavy atom. The summed E-state index contributed by atoms with van der Waals surface area (Å²) in [6.45, 7) is -0.0167. The van der Waals surface area contributed by atoms with Crippen LogP contribution in [0.2, 0.25) is 0 Å². The van der Waals surface area contributed by atoms with Gasteiger partial charge in [0.25, 0.3) is 0 Å². The maximum Gasteiger partial charge on any atom is 0.243 e. The molecule has 1 amide bonds. The summed E-state index contributed by atoms with van der Waals surface area (Å²) >= 11 is 6.16. The molecular formula is C14H18ClNO2. The van der Waals surface area contributed by atoms with Crippen molar-refractivity contribution in [3.05, 3.63) is 35.9 Å². The molecule has 0 spiro atoms. The van der Waals surface area contributed by atoms with Gasteiger partial charge < -0.3 is 10.4 Å². The van der Waals surface area contributed by atoms with E-state index in [1.54, 1.807) is 0 Å². The second-order valence-electron chi connectivity index (χ2n) is 4.91. The van der Waals surface area contributed by atoms with Crippen LogP contribution >= 0.6 is 11.6 Å². The molecule has 1 saturated carbocycles. The molecule has 0 bridgehead atoms. The Bertz CT molecular complexity index is 402. The van der Waals surface area contributed by atoms with Crippen LogP contribution in [0, 0.1) is 0 Å². The van der Waals surface area contributed by atoms with Crippen molar-refractivity contribution in [1.82, 2.24) is 5.32 Å². The maximum atomic E-state index is 12.1. The molecule has 0 saturated heterocycles. The van der Waals surface area contributed by atoms with Gasteiger partial charge in [0, 0.05) is 0 Å². The van der Waals surface area contributed by atoms with Crippen molar-refractivity contribution in [1.29, 1.82) is 0 Å². The molecule has 0 aliphatic heterocycles. The predicted octanol–water partition coefficient (Wildman–Crippen LogP) is 2.39. The van der Waals surface area contributed by atoms with Crippen LogP contribution in [0.25, 0.3) is 0 Å². The fraction of sp³-hybridized carbons (Fsp3) is 0.500. The van der Waals surface area contributed by atoms with Crippen LogP contribution in [0.3, 0.4) is 0 Å². The third-order valence-electron chi connectivity index (χ3n) is 3.57. The number of carbonyl (C=O) groups is 1. The summed E-state index contributed by atoms with van der Waals surface area (Å²) in [5, 5.41) is 11.7. The van der Waals surface area contributed by atoms with Crippen LogP contribution in [0.5, 0.6) is 0 Å². The zero-order chi connectivity index (χ0) is 13.0. The van der Waals surface area contributed by atoms with Crippen molar-refractivity contribution in [2.24, 2.45) is 0 Å². The molecule has 3 nitrogen and oxygen atoms in total. The first kappa shape index (κ1) is 13.4. The van der Waals surface area contributed by atoms with E-state index in [1.807, 2.05) is 30.3 Å². The molecule has 1 aliphatic rings. The summed E-state index contributed by atoms with van der Waals surface area (Å²) in [5.74, 6) is -0.223. The van der Waals surface area contributed by atoms with Crippen molar-refractivity contribution in [2.75, 3.05) is 6.61 Å². The minimum absolute atomic E-state index is 0.0167. The number of alkyl halides is 1. The first-order chi connectivity index (χ1) is 8.67. The summed E-state index contributed by atoms with van der Waals surface area (Å²) in [4.78, 5) is 12.1. The first-order valence-corrected chi connectivity index (χ1v) is 6.72. The van der Waals surface area contributed by atoms with E-state index in [4.69, 9.17) is 11.6 Å². The summed E-state index contributed by atoms with van der Waals surface area (Å²) in [5.41, 5.74) is 0.321. The van der Waals surface area contributed by atoms with Crippen molar-refractivity contribution >= 4 is 17.5 Å². The van der Waals surface area contributed by atoms with Gasteiger partial charge in [0.1, 0.15) is 5.38 Å². The molecule has 1 unspecified atom stereocenters. The SMILES string of the molecule is O=C(NC1(CO)CCCC1)C(Cl)c1ccccc1. The normalized spacial score (nSPS) is 19.4. The van der Waals surface area contributed by atoms with Crippen LogP contribution in [0.15, 0.2) is 30.3 Å². The van der Waals surface area contributed by atoms with E-state index < -0.39 is 10.9 Å². The quantitative estimate of drug-likeness (QED) is 0.823. The van der Waals surface area contributed by atoms with Crippen LogP contribution in [0.4, 0.5) is 0 Å². The van der Waals surface area contributed by atoms with Gasteiger partial charge in [-0.05, 0) is 18.4 Å². The molecule has 0 heterocycles. The molecule has 4 heteroatoms. The highest BCUT2D eigenvalue weighted by molar-refractivity contribution is 6.30. The Labute approximate surface area is 112 Å². The van der Waals surface area contributed by atoms with Gasteiger partial charge in [-0.2, -0.15) is 0 Å². The predicted molar refractivity (Wildman–Crippen MR) is 71.5 cm³/mol. The zero-order valence-electron chi connectivity index (χ0n) is 10.2. The number of aliphatic hydroxyl groups excluding tert-OH is 1. The van der Waals surface area contributed by atoms with Gasteiger partial charge in [0.15, 0.2) is 0 Å². The highest BCUT2D eigenvalue weighted by atomic mass is 35.5. The van der Waals surface area contributed by atoms with Crippen LogP contribution in [0.1, 0.15) is 36.6 Å². The highest BCUT2D eigenvalue weighted by Crippen LogP contribution is 2.30. The number of rotatable bonds is 4. The van der Waals surface area contributed by atoms with Crippen molar-refractivity contribution in [3.8, 4) is 0 Å². The fourth-order valence-electron chi connectivity index (χ4n) is 2.47. The average Bonchev–Trinajstić information content (AvgIpc) is 2.88. The monoisotopic (exact) mass is 267 g/mol. The van der Waals surface area contributed by atoms with Gasteiger partial charge in [-0.3, -0.25) is 4.79 Å². The lowest BCUT2D eigenvalue weighted by Gasteiger charge is -2.29. The molecule has 1 aromatic carbocycles. The van der Waals surface area contributed by atoms with Gasteiger partial charge in [0.05, 0.1) is 12.1 Å². The molecule has 1 aliphatic carbocycles. The molecule has 0 radical (unpaired) electrons. The summed E-state index contributed by atoms with van der Waals surface area (Å²) in [6, 6.07) is 9.26. The Hall–Kier alpha value is -1.06. The maximum absolute atomic E-state index is 12.1. The molecular weight excluding hydrogens is 250 g/mol. The number of halogens is 1. The molecule has 2 rings (SSSR count). The van der Waals surface area contributed by atoms with Crippen LogP contribution < -0.4 is 5.32 Å². The molecule has 98 valence electrons. The molecule has 18 heavy (non-hydrogen) atoms. The number of amides is 1. The third kappa shape index (κ3) is 2.85.